The SMILES string of the molecule is CCCC(Br)C(C)c1ccc(F)c(F)c1. The van der Waals surface area contributed by atoms with E-state index >= 15 is 0 Å². The Morgan fingerprint density at radius 3 is 2.47 bits per heavy atom. The largest absolute Gasteiger partial charge is 0.204 e. The van der Waals surface area contributed by atoms with Gasteiger partial charge in [-0.15, -0.1) is 0 Å². The molecule has 1 aromatic carbocycles. The summed E-state index contributed by atoms with van der Waals surface area (Å²) < 4.78 is 25.7. The molecule has 15 heavy (non-hydrogen) atoms. The molecule has 0 aliphatic carbocycles. The Morgan fingerprint density at radius 2 is 1.93 bits per heavy atom. The molecule has 0 fully saturated rings. The van der Waals surface area contributed by atoms with Gasteiger partial charge in [-0.3, -0.25) is 0 Å². The number of halogens is 3. The van der Waals surface area contributed by atoms with Crippen molar-refractivity contribution in [2.24, 2.45) is 0 Å². The van der Waals surface area contributed by atoms with Crippen LogP contribution in [-0.2, 0) is 0 Å². The van der Waals surface area contributed by atoms with E-state index in [1.165, 1.54) is 12.1 Å². The first-order chi connectivity index (χ1) is 7.06. The van der Waals surface area contributed by atoms with Crippen molar-refractivity contribution in [3.63, 3.8) is 0 Å². The minimum atomic E-state index is -0.785. The fraction of sp³-hybridized carbons (Fsp3) is 0.500. The minimum absolute atomic E-state index is 0.194. The monoisotopic (exact) mass is 276 g/mol. The van der Waals surface area contributed by atoms with E-state index in [1.54, 1.807) is 6.07 Å². The van der Waals surface area contributed by atoms with E-state index < -0.39 is 11.6 Å². The number of alkyl halides is 1. The van der Waals surface area contributed by atoms with Crippen LogP contribution in [0.25, 0.3) is 0 Å². The lowest BCUT2D eigenvalue weighted by Crippen LogP contribution is -2.09. The molecule has 2 unspecified atom stereocenters. The number of hydrogen-bond acceptors (Lipinski definition) is 0. The van der Waals surface area contributed by atoms with Gasteiger partial charge in [0.1, 0.15) is 0 Å². The van der Waals surface area contributed by atoms with Gasteiger partial charge in [0.15, 0.2) is 11.6 Å². The van der Waals surface area contributed by atoms with Crippen molar-refractivity contribution in [3.8, 4) is 0 Å². The topological polar surface area (TPSA) is 0 Å². The van der Waals surface area contributed by atoms with Gasteiger partial charge in [0.25, 0.3) is 0 Å². The Kier molecular flexibility index (Phi) is 4.71. The fourth-order valence-corrected chi connectivity index (χ4v) is 2.29. The molecule has 0 bridgehead atoms. The molecule has 1 aromatic rings. The van der Waals surface area contributed by atoms with Crippen LogP contribution >= 0.6 is 15.9 Å². The number of benzene rings is 1. The Balaban J connectivity index is 2.81. The smallest absolute Gasteiger partial charge is 0.159 e. The van der Waals surface area contributed by atoms with Gasteiger partial charge in [-0.25, -0.2) is 8.78 Å². The Morgan fingerprint density at radius 1 is 1.27 bits per heavy atom. The van der Waals surface area contributed by atoms with E-state index in [0.717, 1.165) is 18.4 Å². The highest BCUT2D eigenvalue weighted by Gasteiger charge is 2.16. The summed E-state index contributed by atoms with van der Waals surface area (Å²) in [6, 6.07) is 4.11. The summed E-state index contributed by atoms with van der Waals surface area (Å²) in [5, 5.41) is 0. The van der Waals surface area contributed by atoms with Crippen LogP contribution in [0.5, 0.6) is 0 Å². The van der Waals surface area contributed by atoms with Crippen molar-refractivity contribution < 1.29 is 8.78 Å². The van der Waals surface area contributed by atoms with Crippen LogP contribution in [0.1, 0.15) is 38.2 Å². The van der Waals surface area contributed by atoms with Gasteiger partial charge in [0.2, 0.25) is 0 Å². The highest BCUT2D eigenvalue weighted by atomic mass is 79.9. The van der Waals surface area contributed by atoms with E-state index in [1.807, 2.05) is 6.92 Å². The van der Waals surface area contributed by atoms with Crippen molar-refractivity contribution in [1.82, 2.24) is 0 Å². The molecule has 0 nitrogen and oxygen atoms in total. The number of hydrogen-bond donors (Lipinski definition) is 0. The van der Waals surface area contributed by atoms with E-state index in [0.29, 0.717) is 4.83 Å². The van der Waals surface area contributed by atoms with Crippen molar-refractivity contribution in [2.75, 3.05) is 0 Å². The lowest BCUT2D eigenvalue weighted by Gasteiger charge is -2.18. The minimum Gasteiger partial charge on any atom is -0.204 e. The molecule has 0 aliphatic heterocycles. The highest BCUT2D eigenvalue weighted by Crippen LogP contribution is 2.28. The fourth-order valence-electron chi connectivity index (χ4n) is 1.53. The lowest BCUT2D eigenvalue weighted by atomic mass is 9.95. The van der Waals surface area contributed by atoms with Crippen molar-refractivity contribution >= 4 is 15.9 Å². The van der Waals surface area contributed by atoms with E-state index in [9.17, 15) is 8.78 Å². The summed E-state index contributed by atoms with van der Waals surface area (Å²) in [5.74, 6) is -1.36. The summed E-state index contributed by atoms with van der Waals surface area (Å²) in [6.07, 6.45) is 2.10. The van der Waals surface area contributed by atoms with Gasteiger partial charge in [-0.05, 0) is 30.0 Å². The Labute approximate surface area is 97.8 Å². The molecular formula is C12H15BrF2. The molecule has 0 N–H and O–H groups in total. The molecule has 0 saturated heterocycles. The second-order valence-electron chi connectivity index (χ2n) is 3.77. The second kappa shape index (κ2) is 5.59. The average molecular weight is 277 g/mol. The van der Waals surface area contributed by atoms with Crippen LogP contribution in [0, 0.1) is 11.6 Å². The van der Waals surface area contributed by atoms with Crippen LogP contribution in [0.3, 0.4) is 0 Å². The zero-order chi connectivity index (χ0) is 11.4. The summed E-state index contributed by atoms with van der Waals surface area (Å²) in [7, 11) is 0. The van der Waals surface area contributed by atoms with Crippen LogP contribution < -0.4 is 0 Å². The van der Waals surface area contributed by atoms with Crippen molar-refractivity contribution in [1.29, 1.82) is 0 Å². The van der Waals surface area contributed by atoms with Crippen LogP contribution in [-0.4, -0.2) is 4.83 Å². The van der Waals surface area contributed by atoms with E-state index in [2.05, 4.69) is 22.9 Å². The molecule has 0 amide bonds. The van der Waals surface area contributed by atoms with Crippen LogP contribution in [0.4, 0.5) is 8.78 Å². The van der Waals surface area contributed by atoms with Crippen LogP contribution in [0.2, 0.25) is 0 Å². The quantitative estimate of drug-likeness (QED) is 0.704. The summed E-state index contributed by atoms with van der Waals surface area (Å²) in [6.45, 7) is 4.12. The summed E-state index contributed by atoms with van der Waals surface area (Å²) in [4.78, 5) is 0.312. The zero-order valence-corrected chi connectivity index (χ0v) is 10.5. The Bertz CT molecular complexity index is 325. The predicted octanol–water partition coefficient (Wildman–Crippen LogP) is 4.63. The number of rotatable bonds is 4. The first kappa shape index (κ1) is 12.6. The van der Waals surface area contributed by atoms with Gasteiger partial charge in [-0.2, -0.15) is 0 Å². The van der Waals surface area contributed by atoms with Gasteiger partial charge in [0, 0.05) is 4.83 Å². The molecule has 0 heterocycles. The van der Waals surface area contributed by atoms with Gasteiger partial charge >= 0.3 is 0 Å². The van der Waals surface area contributed by atoms with Gasteiger partial charge in [0.05, 0.1) is 0 Å². The molecular weight excluding hydrogens is 262 g/mol. The van der Waals surface area contributed by atoms with Gasteiger partial charge in [-0.1, -0.05) is 42.3 Å². The lowest BCUT2D eigenvalue weighted by molar-refractivity contribution is 0.504. The molecule has 0 radical (unpaired) electrons. The van der Waals surface area contributed by atoms with Crippen molar-refractivity contribution in [2.45, 2.75) is 37.4 Å². The molecule has 84 valence electrons. The third kappa shape index (κ3) is 3.26. The normalized spacial score (nSPS) is 15.0. The standard InChI is InChI=1S/C12H15BrF2/c1-3-4-10(13)8(2)9-5-6-11(14)12(15)7-9/h5-8,10H,3-4H2,1-2H3. The molecule has 0 spiro atoms. The summed E-state index contributed by atoms with van der Waals surface area (Å²) >= 11 is 3.57. The average Bonchev–Trinajstić information content (AvgIpc) is 2.21. The molecule has 2 atom stereocenters. The van der Waals surface area contributed by atoms with Crippen molar-refractivity contribution in [3.05, 3.63) is 35.4 Å². The highest BCUT2D eigenvalue weighted by molar-refractivity contribution is 9.09. The Hall–Kier alpha value is -0.440. The maximum atomic E-state index is 13.0. The van der Waals surface area contributed by atoms with E-state index in [4.69, 9.17) is 0 Å². The molecule has 0 aliphatic rings. The second-order valence-corrected chi connectivity index (χ2v) is 4.94. The molecule has 1 rings (SSSR count). The first-order valence-electron chi connectivity index (χ1n) is 5.15. The molecule has 0 aromatic heterocycles. The third-order valence-electron chi connectivity index (χ3n) is 2.58. The van der Waals surface area contributed by atoms with Crippen LogP contribution in [0.15, 0.2) is 18.2 Å². The van der Waals surface area contributed by atoms with E-state index in [-0.39, 0.29) is 5.92 Å². The maximum Gasteiger partial charge on any atom is 0.159 e. The molecule has 0 saturated carbocycles. The predicted molar refractivity (Wildman–Crippen MR) is 62.4 cm³/mol. The maximum absolute atomic E-state index is 13.0. The first-order valence-corrected chi connectivity index (χ1v) is 6.06. The zero-order valence-electron chi connectivity index (χ0n) is 8.93. The molecule has 3 heteroatoms. The van der Waals surface area contributed by atoms with Gasteiger partial charge < -0.3 is 0 Å². The summed E-state index contributed by atoms with van der Waals surface area (Å²) in [5.41, 5.74) is 0.837. The third-order valence-corrected chi connectivity index (χ3v) is 3.83.